The standard InChI is InChI=1S/C13H19N5OS/c1-8-9(7-16-18(8)4)6-15-11-5-10(14)12(20-11)13(19)17(2)3/h5,7,15H,6,14H2,1-4H3. The van der Waals surface area contributed by atoms with Crippen LogP contribution < -0.4 is 11.1 Å². The summed E-state index contributed by atoms with van der Waals surface area (Å²) in [6.45, 7) is 2.68. The molecule has 2 aromatic rings. The summed E-state index contributed by atoms with van der Waals surface area (Å²) in [5.74, 6) is -0.0712. The number of amides is 1. The summed E-state index contributed by atoms with van der Waals surface area (Å²) in [7, 11) is 5.34. The second-order valence-corrected chi connectivity index (χ2v) is 5.88. The molecule has 0 atom stereocenters. The summed E-state index contributed by atoms with van der Waals surface area (Å²) in [4.78, 5) is 14.0. The number of nitrogens with zero attached hydrogens (tertiary/aromatic N) is 3. The molecule has 0 aromatic carbocycles. The Morgan fingerprint density at radius 3 is 2.80 bits per heavy atom. The van der Waals surface area contributed by atoms with E-state index in [0.717, 1.165) is 16.3 Å². The van der Waals surface area contributed by atoms with Crippen molar-refractivity contribution >= 4 is 27.9 Å². The molecule has 0 fully saturated rings. The molecule has 0 aliphatic rings. The molecule has 7 heteroatoms. The highest BCUT2D eigenvalue weighted by atomic mass is 32.1. The maximum absolute atomic E-state index is 11.9. The fraction of sp³-hybridized carbons (Fsp3) is 0.385. The number of nitrogens with two attached hydrogens (primary N) is 1. The Morgan fingerprint density at radius 1 is 1.55 bits per heavy atom. The Hall–Kier alpha value is -2.02. The lowest BCUT2D eigenvalue weighted by atomic mass is 10.2. The topological polar surface area (TPSA) is 76.2 Å². The van der Waals surface area contributed by atoms with Gasteiger partial charge in [0, 0.05) is 38.9 Å². The van der Waals surface area contributed by atoms with Gasteiger partial charge in [0.15, 0.2) is 0 Å². The van der Waals surface area contributed by atoms with Crippen LogP contribution >= 0.6 is 11.3 Å². The first kappa shape index (κ1) is 14.4. The van der Waals surface area contributed by atoms with Gasteiger partial charge < -0.3 is 16.0 Å². The van der Waals surface area contributed by atoms with Gasteiger partial charge in [-0.05, 0) is 13.0 Å². The minimum absolute atomic E-state index is 0.0712. The van der Waals surface area contributed by atoms with Crippen molar-refractivity contribution in [3.8, 4) is 0 Å². The van der Waals surface area contributed by atoms with E-state index in [1.807, 2.05) is 24.9 Å². The summed E-state index contributed by atoms with van der Waals surface area (Å²) in [6.07, 6.45) is 1.84. The minimum Gasteiger partial charge on any atom is -0.397 e. The molecule has 20 heavy (non-hydrogen) atoms. The number of hydrogen-bond acceptors (Lipinski definition) is 5. The van der Waals surface area contributed by atoms with Crippen molar-refractivity contribution in [3.05, 3.63) is 28.4 Å². The minimum atomic E-state index is -0.0712. The lowest BCUT2D eigenvalue weighted by Crippen LogP contribution is -2.21. The Labute approximate surface area is 122 Å². The molecule has 1 amide bonds. The number of nitrogens with one attached hydrogen (secondary N) is 1. The van der Waals surface area contributed by atoms with Gasteiger partial charge in [0.05, 0.1) is 16.9 Å². The molecule has 0 bridgehead atoms. The highest BCUT2D eigenvalue weighted by molar-refractivity contribution is 7.18. The lowest BCUT2D eigenvalue weighted by Gasteiger charge is -2.08. The second-order valence-electron chi connectivity index (χ2n) is 4.83. The zero-order valence-electron chi connectivity index (χ0n) is 12.1. The van der Waals surface area contributed by atoms with Crippen molar-refractivity contribution in [2.24, 2.45) is 7.05 Å². The van der Waals surface area contributed by atoms with Gasteiger partial charge >= 0.3 is 0 Å². The maximum atomic E-state index is 11.9. The quantitative estimate of drug-likeness (QED) is 0.899. The summed E-state index contributed by atoms with van der Waals surface area (Å²) in [5, 5.41) is 8.37. The molecule has 2 heterocycles. The van der Waals surface area contributed by atoms with Crippen molar-refractivity contribution in [3.63, 3.8) is 0 Å². The molecule has 0 aliphatic carbocycles. The Morgan fingerprint density at radius 2 is 2.25 bits per heavy atom. The van der Waals surface area contributed by atoms with Crippen LogP contribution in [0.15, 0.2) is 12.3 Å². The fourth-order valence-corrected chi connectivity index (χ4v) is 2.76. The largest absolute Gasteiger partial charge is 0.397 e. The van der Waals surface area contributed by atoms with Gasteiger partial charge in [0.25, 0.3) is 5.91 Å². The van der Waals surface area contributed by atoms with Crippen molar-refractivity contribution in [2.75, 3.05) is 25.1 Å². The molecule has 2 rings (SSSR count). The molecular formula is C13H19N5OS. The second kappa shape index (κ2) is 5.54. The maximum Gasteiger partial charge on any atom is 0.265 e. The number of thiophene rings is 1. The molecule has 0 saturated carbocycles. The number of hydrogen-bond donors (Lipinski definition) is 2. The zero-order valence-corrected chi connectivity index (χ0v) is 12.9. The van der Waals surface area contributed by atoms with E-state index in [1.165, 1.54) is 16.2 Å². The number of anilines is 2. The highest BCUT2D eigenvalue weighted by Gasteiger charge is 2.16. The highest BCUT2D eigenvalue weighted by Crippen LogP contribution is 2.30. The molecule has 6 nitrogen and oxygen atoms in total. The number of rotatable bonds is 4. The van der Waals surface area contributed by atoms with Gasteiger partial charge in [0.1, 0.15) is 4.88 Å². The van der Waals surface area contributed by atoms with Crippen LogP contribution in [0, 0.1) is 6.92 Å². The molecule has 0 unspecified atom stereocenters. The average molecular weight is 293 g/mol. The summed E-state index contributed by atoms with van der Waals surface area (Å²) in [6, 6.07) is 1.80. The fourth-order valence-electron chi connectivity index (χ4n) is 1.76. The Kier molecular flexibility index (Phi) is 3.99. The van der Waals surface area contributed by atoms with Gasteiger partial charge in [-0.2, -0.15) is 5.10 Å². The average Bonchev–Trinajstić information content (AvgIpc) is 2.91. The van der Waals surface area contributed by atoms with Crippen molar-refractivity contribution in [1.82, 2.24) is 14.7 Å². The van der Waals surface area contributed by atoms with E-state index < -0.39 is 0 Å². The number of aromatic nitrogens is 2. The van der Waals surface area contributed by atoms with Gasteiger partial charge in [-0.15, -0.1) is 11.3 Å². The van der Waals surface area contributed by atoms with Crippen LogP contribution in [0.25, 0.3) is 0 Å². The van der Waals surface area contributed by atoms with Crippen molar-refractivity contribution < 1.29 is 4.79 Å². The Balaban J connectivity index is 2.10. The molecule has 0 aliphatic heterocycles. The molecular weight excluding hydrogens is 274 g/mol. The van der Waals surface area contributed by atoms with Crippen molar-refractivity contribution in [1.29, 1.82) is 0 Å². The van der Waals surface area contributed by atoms with Crippen LogP contribution in [-0.4, -0.2) is 34.7 Å². The van der Waals surface area contributed by atoms with E-state index in [-0.39, 0.29) is 5.91 Å². The smallest absolute Gasteiger partial charge is 0.265 e. The normalized spacial score (nSPS) is 10.6. The van der Waals surface area contributed by atoms with Crippen molar-refractivity contribution in [2.45, 2.75) is 13.5 Å². The molecule has 108 valence electrons. The zero-order chi connectivity index (χ0) is 14.9. The van der Waals surface area contributed by atoms with E-state index in [1.54, 1.807) is 20.2 Å². The monoisotopic (exact) mass is 293 g/mol. The first-order valence-electron chi connectivity index (χ1n) is 6.22. The predicted octanol–water partition coefficient (Wildman–Crippen LogP) is 1.69. The van der Waals surface area contributed by atoms with E-state index in [2.05, 4.69) is 10.4 Å². The van der Waals surface area contributed by atoms with Crippen LogP contribution in [0.5, 0.6) is 0 Å². The van der Waals surface area contributed by atoms with Crippen LogP contribution in [0.2, 0.25) is 0 Å². The first-order chi connectivity index (χ1) is 9.40. The van der Waals surface area contributed by atoms with E-state index in [4.69, 9.17) is 5.73 Å². The first-order valence-corrected chi connectivity index (χ1v) is 7.04. The molecule has 2 aromatic heterocycles. The third kappa shape index (κ3) is 2.77. The number of carbonyl (C=O) groups excluding carboxylic acids is 1. The number of aryl methyl sites for hydroxylation is 1. The summed E-state index contributed by atoms with van der Waals surface area (Å²) in [5.41, 5.74) is 8.64. The molecule has 0 radical (unpaired) electrons. The molecule has 0 saturated heterocycles. The van der Waals surface area contributed by atoms with E-state index in [9.17, 15) is 4.79 Å². The van der Waals surface area contributed by atoms with Crippen LogP contribution in [0.4, 0.5) is 10.7 Å². The van der Waals surface area contributed by atoms with E-state index >= 15 is 0 Å². The SMILES string of the molecule is Cc1c(CNc2cc(N)c(C(=O)N(C)C)s2)cnn1C. The third-order valence-electron chi connectivity index (χ3n) is 3.15. The van der Waals surface area contributed by atoms with Crippen LogP contribution in [0.3, 0.4) is 0 Å². The Bertz CT molecular complexity index is 629. The van der Waals surface area contributed by atoms with Crippen LogP contribution in [0.1, 0.15) is 20.9 Å². The molecule has 0 spiro atoms. The predicted molar refractivity (Wildman–Crippen MR) is 82.0 cm³/mol. The number of carbonyl (C=O) groups is 1. The van der Waals surface area contributed by atoms with Gasteiger partial charge in [-0.3, -0.25) is 9.48 Å². The van der Waals surface area contributed by atoms with Gasteiger partial charge in [-0.1, -0.05) is 0 Å². The van der Waals surface area contributed by atoms with Crippen LogP contribution in [-0.2, 0) is 13.6 Å². The van der Waals surface area contributed by atoms with E-state index in [0.29, 0.717) is 17.1 Å². The summed E-state index contributed by atoms with van der Waals surface area (Å²) < 4.78 is 1.83. The van der Waals surface area contributed by atoms with Gasteiger partial charge in [-0.25, -0.2) is 0 Å². The lowest BCUT2D eigenvalue weighted by molar-refractivity contribution is 0.0833. The number of nitrogen functional groups attached to an aromatic ring is 1. The summed E-state index contributed by atoms with van der Waals surface area (Å²) >= 11 is 1.37. The van der Waals surface area contributed by atoms with Gasteiger partial charge in [0.2, 0.25) is 0 Å². The third-order valence-corrected chi connectivity index (χ3v) is 4.25. The molecule has 3 N–H and O–H groups in total.